The van der Waals surface area contributed by atoms with E-state index in [1.807, 2.05) is 24.3 Å². The first-order valence-electron chi connectivity index (χ1n) is 9.89. The van der Waals surface area contributed by atoms with Gasteiger partial charge in [0.1, 0.15) is 24.0 Å². The first kappa shape index (κ1) is 27.3. The Balaban J connectivity index is 1.74. The zero-order valence-corrected chi connectivity index (χ0v) is 23.9. The minimum atomic E-state index is -0.566. The van der Waals surface area contributed by atoms with Gasteiger partial charge in [-0.25, -0.2) is 4.79 Å². The maximum Gasteiger partial charge on any atom is 0.337 e. The minimum absolute atomic E-state index is 0.0712. The molecule has 0 radical (unpaired) electrons. The molecular weight excluding hydrogens is 717 g/mol. The lowest BCUT2D eigenvalue weighted by Gasteiger charge is -2.12. The Morgan fingerprint density at radius 2 is 1.69 bits per heavy atom. The van der Waals surface area contributed by atoms with Crippen molar-refractivity contribution in [1.82, 2.24) is 0 Å². The molecule has 0 aliphatic carbocycles. The van der Waals surface area contributed by atoms with Crippen LogP contribution in [0.5, 0.6) is 5.75 Å². The third-order valence-corrected chi connectivity index (χ3v) is 6.97. The monoisotopic (exact) mass is 732 g/mol. The Hall–Kier alpha value is -2.33. The highest BCUT2D eigenvalue weighted by molar-refractivity contribution is 14.1. The Morgan fingerprint density at radius 3 is 2.26 bits per heavy atom. The molecule has 0 unspecified atom stereocenters. The summed E-state index contributed by atoms with van der Waals surface area (Å²) in [6, 6.07) is 17.1. The quantitative estimate of drug-likeness (QED) is 0.121. The molecule has 0 saturated carbocycles. The number of hydrogen-bond donors (Lipinski definition) is 1. The fraction of sp³-hybridized carbons (Fsp3) is 0.0800. The zero-order chi connectivity index (χ0) is 25.5. The standard InChI is InChI=1S/C25H16Cl2I2N2O4/c1-34-25(33)16-3-5-18(6-4-16)31-24(32)17(12-30)8-15-10-21(28)23(22(29)11-15)35-13-14-2-7-19(26)20(27)9-14/h2-11H,13H2,1H3,(H,31,32)/b17-8+. The van der Waals surface area contributed by atoms with Crippen molar-refractivity contribution < 1.29 is 19.1 Å². The number of benzene rings is 3. The van der Waals surface area contributed by atoms with Gasteiger partial charge in [-0.2, -0.15) is 5.26 Å². The lowest BCUT2D eigenvalue weighted by Crippen LogP contribution is -2.13. The number of methoxy groups -OCH3 is 1. The number of amides is 1. The number of rotatable bonds is 7. The molecule has 178 valence electrons. The molecule has 3 rings (SSSR count). The predicted molar refractivity (Wildman–Crippen MR) is 153 cm³/mol. The summed E-state index contributed by atoms with van der Waals surface area (Å²) in [6.07, 6.45) is 1.51. The fourth-order valence-corrected chi connectivity index (χ4v) is 5.36. The van der Waals surface area contributed by atoms with E-state index in [4.69, 9.17) is 27.9 Å². The normalized spacial score (nSPS) is 10.9. The second kappa shape index (κ2) is 12.6. The van der Waals surface area contributed by atoms with E-state index >= 15 is 0 Å². The number of anilines is 1. The molecule has 0 aliphatic rings. The van der Waals surface area contributed by atoms with Gasteiger partial charge in [0.2, 0.25) is 0 Å². The molecule has 0 bridgehead atoms. The van der Waals surface area contributed by atoms with Crippen LogP contribution in [-0.2, 0) is 16.1 Å². The van der Waals surface area contributed by atoms with Crippen molar-refractivity contribution in [1.29, 1.82) is 5.26 Å². The average Bonchev–Trinajstić information content (AvgIpc) is 2.84. The number of halogens is 4. The molecule has 0 atom stereocenters. The van der Waals surface area contributed by atoms with Gasteiger partial charge < -0.3 is 14.8 Å². The maximum atomic E-state index is 12.6. The molecule has 0 heterocycles. The Labute approximate surface area is 239 Å². The molecule has 0 aliphatic heterocycles. The van der Waals surface area contributed by atoms with E-state index in [-0.39, 0.29) is 5.57 Å². The fourth-order valence-electron chi connectivity index (χ4n) is 2.91. The van der Waals surface area contributed by atoms with Crippen molar-refractivity contribution in [2.24, 2.45) is 0 Å². The van der Waals surface area contributed by atoms with E-state index in [9.17, 15) is 14.9 Å². The van der Waals surface area contributed by atoms with Gasteiger partial charge in [-0.15, -0.1) is 0 Å². The summed E-state index contributed by atoms with van der Waals surface area (Å²) in [5.74, 6) is -0.361. The van der Waals surface area contributed by atoms with Crippen LogP contribution in [-0.4, -0.2) is 19.0 Å². The molecule has 0 aromatic heterocycles. The van der Waals surface area contributed by atoms with Gasteiger partial charge in [-0.05, 0) is 111 Å². The van der Waals surface area contributed by atoms with Crippen LogP contribution < -0.4 is 10.1 Å². The molecule has 35 heavy (non-hydrogen) atoms. The van der Waals surface area contributed by atoms with Crippen molar-refractivity contribution >= 4 is 92.0 Å². The van der Waals surface area contributed by atoms with Gasteiger partial charge in [0.15, 0.2) is 0 Å². The first-order chi connectivity index (χ1) is 16.7. The molecule has 10 heteroatoms. The number of nitrogens with one attached hydrogen (secondary N) is 1. The third kappa shape index (κ3) is 7.33. The largest absolute Gasteiger partial charge is 0.487 e. The second-order valence-corrected chi connectivity index (χ2v) is 10.2. The highest BCUT2D eigenvalue weighted by atomic mass is 127. The first-order valence-corrected chi connectivity index (χ1v) is 12.8. The van der Waals surface area contributed by atoms with E-state index in [2.05, 4.69) is 55.2 Å². The third-order valence-electron chi connectivity index (χ3n) is 4.63. The van der Waals surface area contributed by atoms with Crippen LogP contribution >= 0.6 is 68.4 Å². The van der Waals surface area contributed by atoms with Crippen LogP contribution in [0.3, 0.4) is 0 Å². The smallest absolute Gasteiger partial charge is 0.337 e. The van der Waals surface area contributed by atoms with E-state index in [1.165, 1.54) is 25.3 Å². The summed E-state index contributed by atoms with van der Waals surface area (Å²) in [5, 5.41) is 13.1. The number of esters is 1. The summed E-state index contributed by atoms with van der Waals surface area (Å²) in [6.45, 7) is 0.304. The molecule has 0 saturated heterocycles. The lowest BCUT2D eigenvalue weighted by atomic mass is 10.1. The Morgan fingerprint density at radius 1 is 1.03 bits per heavy atom. The molecule has 1 amide bonds. The van der Waals surface area contributed by atoms with Crippen molar-refractivity contribution in [2.45, 2.75) is 6.61 Å². The Bertz CT molecular complexity index is 1330. The van der Waals surface area contributed by atoms with Crippen LogP contribution in [0.2, 0.25) is 10.0 Å². The van der Waals surface area contributed by atoms with Crippen LogP contribution in [0, 0.1) is 18.5 Å². The van der Waals surface area contributed by atoms with E-state index < -0.39 is 11.9 Å². The van der Waals surface area contributed by atoms with Crippen LogP contribution in [0.15, 0.2) is 60.2 Å². The summed E-state index contributed by atoms with van der Waals surface area (Å²) in [5.41, 5.74) is 2.27. The van der Waals surface area contributed by atoms with Crippen molar-refractivity contribution in [2.75, 3.05) is 12.4 Å². The average molecular weight is 733 g/mol. The van der Waals surface area contributed by atoms with Crippen molar-refractivity contribution in [3.05, 3.63) is 94.0 Å². The topological polar surface area (TPSA) is 88.4 Å². The van der Waals surface area contributed by atoms with Gasteiger partial charge in [0.25, 0.3) is 5.91 Å². The molecule has 1 N–H and O–H groups in total. The summed E-state index contributed by atoms with van der Waals surface area (Å²) in [7, 11) is 1.29. The number of nitrogens with zero attached hydrogens (tertiary/aromatic N) is 1. The second-order valence-electron chi connectivity index (χ2n) is 7.04. The van der Waals surface area contributed by atoms with Gasteiger partial charge in [0, 0.05) is 5.69 Å². The van der Waals surface area contributed by atoms with Gasteiger partial charge in [-0.3, -0.25) is 4.79 Å². The van der Waals surface area contributed by atoms with E-state index in [0.29, 0.717) is 39.2 Å². The molecule has 6 nitrogen and oxygen atoms in total. The Kier molecular flexibility index (Phi) is 9.80. The SMILES string of the molecule is COC(=O)c1ccc(NC(=O)/C(C#N)=C/c2cc(I)c(OCc3ccc(Cl)c(Cl)c3)c(I)c2)cc1. The van der Waals surface area contributed by atoms with Crippen LogP contribution in [0.1, 0.15) is 21.5 Å². The number of nitriles is 1. The molecule has 0 fully saturated rings. The van der Waals surface area contributed by atoms with Crippen LogP contribution in [0.25, 0.3) is 6.08 Å². The molecule has 3 aromatic rings. The summed E-state index contributed by atoms with van der Waals surface area (Å²) >= 11 is 16.3. The van der Waals surface area contributed by atoms with E-state index in [0.717, 1.165) is 12.7 Å². The molecule has 0 spiro atoms. The van der Waals surface area contributed by atoms with Crippen LogP contribution in [0.4, 0.5) is 5.69 Å². The highest BCUT2D eigenvalue weighted by Crippen LogP contribution is 2.31. The predicted octanol–water partition coefficient (Wildman–Crippen LogP) is 7.11. The van der Waals surface area contributed by atoms with Gasteiger partial charge in [0.05, 0.1) is 29.9 Å². The number of ether oxygens (including phenoxy) is 2. The van der Waals surface area contributed by atoms with E-state index in [1.54, 1.807) is 24.3 Å². The number of carbonyl (C=O) groups excluding carboxylic acids is 2. The van der Waals surface area contributed by atoms with Crippen molar-refractivity contribution in [3.63, 3.8) is 0 Å². The molecular formula is C25H16Cl2I2N2O4. The summed E-state index contributed by atoms with van der Waals surface area (Å²) in [4.78, 5) is 24.2. The lowest BCUT2D eigenvalue weighted by molar-refractivity contribution is -0.112. The van der Waals surface area contributed by atoms with Gasteiger partial charge >= 0.3 is 5.97 Å². The summed E-state index contributed by atoms with van der Waals surface area (Å²) < 4.78 is 12.3. The minimum Gasteiger partial charge on any atom is -0.487 e. The highest BCUT2D eigenvalue weighted by Gasteiger charge is 2.14. The van der Waals surface area contributed by atoms with Crippen molar-refractivity contribution in [3.8, 4) is 11.8 Å². The number of carbonyl (C=O) groups is 2. The maximum absolute atomic E-state index is 12.6. The molecule has 3 aromatic carbocycles. The zero-order valence-electron chi connectivity index (χ0n) is 18.1. The van der Waals surface area contributed by atoms with Gasteiger partial charge in [-0.1, -0.05) is 29.3 Å². The number of hydrogen-bond acceptors (Lipinski definition) is 5.